The zero-order valence-electron chi connectivity index (χ0n) is 16.2. The van der Waals surface area contributed by atoms with Crippen molar-refractivity contribution >= 4 is 16.8 Å². The fourth-order valence-electron chi connectivity index (χ4n) is 3.68. The number of carbonyl (C=O) groups is 1. The molecule has 0 aliphatic heterocycles. The molecule has 3 rings (SSSR count). The Hall–Kier alpha value is -2.36. The van der Waals surface area contributed by atoms with Gasteiger partial charge in [0, 0.05) is 17.4 Å². The minimum Gasteiger partial charge on any atom is -0.338 e. The summed E-state index contributed by atoms with van der Waals surface area (Å²) < 4.78 is 3.60. The number of hydrogen-bond acceptors (Lipinski definition) is 2. The van der Waals surface area contributed by atoms with E-state index in [2.05, 4.69) is 18.1 Å². The minimum absolute atomic E-state index is 0.0178. The molecule has 4 nitrogen and oxygen atoms in total. The largest absolute Gasteiger partial charge is 0.338 e. The van der Waals surface area contributed by atoms with Gasteiger partial charge in [-0.25, -0.2) is 4.68 Å². The molecule has 0 fully saturated rings. The highest BCUT2D eigenvalue weighted by Crippen LogP contribution is 2.19. The summed E-state index contributed by atoms with van der Waals surface area (Å²) in [4.78, 5) is 12.8. The summed E-state index contributed by atoms with van der Waals surface area (Å²) in [6.45, 7) is 6.58. The van der Waals surface area contributed by atoms with Crippen LogP contribution in [0.4, 0.5) is 0 Å². The second-order valence-electron chi connectivity index (χ2n) is 7.12. The van der Waals surface area contributed by atoms with Gasteiger partial charge in [-0.05, 0) is 49.8 Å². The molecule has 0 amide bonds. The van der Waals surface area contributed by atoms with E-state index in [1.807, 2.05) is 48.9 Å². The van der Waals surface area contributed by atoms with Gasteiger partial charge in [0.15, 0.2) is 0 Å². The molecule has 0 spiro atoms. The van der Waals surface area contributed by atoms with Gasteiger partial charge in [0.1, 0.15) is 6.54 Å². The first-order valence-corrected chi connectivity index (χ1v) is 9.74. The molecule has 2 aromatic heterocycles. The van der Waals surface area contributed by atoms with Crippen molar-refractivity contribution < 1.29 is 4.79 Å². The van der Waals surface area contributed by atoms with Crippen LogP contribution >= 0.6 is 0 Å². The lowest BCUT2D eigenvalue weighted by Crippen LogP contribution is -2.20. The summed E-state index contributed by atoms with van der Waals surface area (Å²) in [5, 5.41) is 5.69. The highest BCUT2D eigenvalue weighted by Gasteiger charge is 2.17. The van der Waals surface area contributed by atoms with Crippen LogP contribution in [0, 0.1) is 13.8 Å². The lowest BCUT2D eigenvalue weighted by molar-refractivity contribution is 0.0874. The van der Waals surface area contributed by atoms with E-state index >= 15 is 0 Å². The van der Waals surface area contributed by atoms with Crippen molar-refractivity contribution in [1.82, 2.24) is 14.3 Å². The second kappa shape index (κ2) is 8.35. The van der Waals surface area contributed by atoms with Gasteiger partial charge in [0.05, 0.1) is 5.69 Å². The average molecular weight is 351 g/mol. The van der Waals surface area contributed by atoms with Crippen LogP contribution in [-0.4, -0.2) is 20.3 Å². The van der Waals surface area contributed by atoms with Crippen LogP contribution in [-0.2, 0) is 13.0 Å². The summed E-state index contributed by atoms with van der Waals surface area (Å²) in [7, 11) is 0. The van der Waals surface area contributed by atoms with Gasteiger partial charge in [0.25, 0.3) is 5.91 Å². The Labute approximate surface area is 155 Å². The van der Waals surface area contributed by atoms with Crippen LogP contribution in [0.1, 0.15) is 60.8 Å². The Morgan fingerprint density at radius 2 is 1.81 bits per heavy atom. The molecule has 0 radical (unpaired) electrons. The third-order valence-corrected chi connectivity index (χ3v) is 5.19. The van der Waals surface area contributed by atoms with Crippen LogP contribution in [0.3, 0.4) is 0 Å². The molecule has 0 bridgehead atoms. The fraction of sp³-hybridized carbons (Fsp3) is 0.455. The van der Waals surface area contributed by atoms with E-state index in [1.54, 1.807) is 4.68 Å². The maximum Gasteiger partial charge on any atom is 0.267 e. The number of unbranched alkanes of at least 4 members (excludes halogenated alkanes) is 4. The summed E-state index contributed by atoms with van der Waals surface area (Å²) in [5.74, 6) is 0.0178. The molecular formula is C22H29N3O. The van der Waals surface area contributed by atoms with Gasteiger partial charge in [-0.2, -0.15) is 5.10 Å². The zero-order chi connectivity index (χ0) is 18.5. The van der Waals surface area contributed by atoms with Crippen molar-refractivity contribution in [3.05, 3.63) is 53.5 Å². The van der Waals surface area contributed by atoms with E-state index in [4.69, 9.17) is 0 Å². The van der Waals surface area contributed by atoms with Crippen molar-refractivity contribution in [2.45, 2.75) is 65.8 Å². The van der Waals surface area contributed by atoms with Crippen LogP contribution in [0.15, 0.2) is 36.5 Å². The second-order valence-corrected chi connectivity index (χ2v) is 7.12. The van der Waals surface area contributed by atoms with Crippen molar-refractivity contribution in [3.63, 3.8) is 0 Å². The number of carbonyl (C=O) groups excluding carboxylic acids is 1. The van der Waals surface area contributed by atoms with E-state index in [0.29, 0.717) is 6.54 Å². The third kappa shape index (κ3) is 3.90. The molecule has 4 heteroatoms. The monoisotopic (exact) mass is 351 g/mol. The predicted molar refractivity (Wildman–Crippen MR) is 107 cm³/mol. The van der Waals surface area contributed by atoms with Gasteiger partial charge in [-0.1, -0.05) is 50.8 Å². The van der Waals surface area contributed by atoms with E-state index in [-0.39, 0.29) is 5.91 Å². The van der Waals surface area contributed by atoms with Gasteiger partial charge in [-0.3, -0.25) is 4.79 Å². The molecule has 2 heterocycles. The van der Waals surface area contributed by atoms with E-state index in [9.17, 15) is 4.79 Å². The first-order chi connectivity index (χ1) is 12.6. The number of benzene rings is 1. The number of fused-ring (bicyclic) bond motifs is 1. The molecule has 0 saturated heterocycles. The highest BCUT2D eigenvalue weighted by atomic mass is 16.2. The Bertz CT molecular complexity index is 888. The Balaban J connectivity index is 1.70. The predicted octanol–water partition coefficient (Wildman–Crippen LogP) is 5.31. The summed E-state index contributed by atoms with van der Waals surface area (Å²) in [6.07, 6.45) is 9.27. The quantitative estimate of drug-likeness (QED) is 0.516. The maximum absolute atomic E-state index is 12.8. The van der Waals surface area contributed by atoms with Gasteiger partial charge >= 0.3 is 0 Å². The number of rotatable bonds is 8. The van der Waals surface area contributed by atoms with E-state index in [1.165, 1.54) is 37.7 Å². The lowest BCUT2D eigenvalue weighted by Gasteiger charge is -2.07. The first kappa shape index (κ1) is 18.4. The van der Waals surface area contributed by atoms with Crippen LogP contribution in [0.2, 0.25) is 0 Å². The SMILES string of the molecule is CCCCCCCc1c(C)nn(C(=O)Cn2ccc3ccccc32)c1C. The van der Waals surface area contributed by atoms with Crippen molar-refractivity contribution in [1.29, 1.82) is 0 Å². The van der Waals surface area contributed by atoms with Gasteiger partial charge in [0.2, 0.25) is 0 Å². The van der Waals surface area contributed by atoms with E-state index in [0.717, 1.165) is 28.7 Å². The third-order valence-electron chi connectivity index (χ3n) is 5.19. The van der Waals surface area contributed by atoms with Crippen LogP contribution in [0.25, 0.3) is 10.9 Å². The summed E-state index contributed by atoms with van der Waals surface area (Å²) in [5.41, 5.74) is 4.31. The molecule has 0 aliphatic rings. The lowest BCUT2D eigenvalue weighted by atomic mass is 10.0. The molecule has 1 aromatic carbocycles. The number of aromatic nitrogens is 3. The summed E-state index contributed by atoms with van der Waals surface area (Å²) in [6, 6.07) is 10.2. The van der Waals surface area contributed by atoms with Gasteiger partial charge < -0.3 is 4.57 Å². The molecule has 3 aromatic rings. The Morgan fingerprint density at radius 1 is 1.04 bits per heavy atom. The molecule has 0 N–H and O–H groups in total. The number of aryl methyl sites for hydroxylation is 1. The summed E-state index contributed by atoms with van der Waals surface area (Å²) >= 11 is 0. The van der Waals surface area contributed by atoms with E-state index < -0.39 is 0 Å². The van der Waals surface area contributed by atoms with Crippen molar-refractivity contribution in [2.75, 3.05) is 0 Å². The molecule has 0 unspecified atom stereocenters. The normalized spacial score (nSPS) is 11.3. The fourth-order valence-corrected chi connectivity index (χ4v) is 3.68. The van der Waals surface area contributed by atoms with Crippen LogP contribution < -0.4 is 0 Å². The molecular weight excluding hydrogens is 322 g/mol. The smallest absolute Gasteiger partial charge is 0.267 e. The Morgan fingerprint density at radius 3 is 2.62 bits per heavy atom. The highest BCUT2D eigenvalue weighted by molar-refractivity contribution is 5.84. The zero-order valence-corrected chi connectivity index (χ0v) is 16.2. The van der Waals surface area contributed by atoms with Crippen molar-refractivity contribution in [2.24, 2.45) is 0 Å². The minimum atomic E-state index is 0.0178. The Kier molecular flexibility index (Phi) is 5.92. The average Bonchev–Trinajstić information content (AvgIpc) is 3.17. The number of para-hydroxylation sites is 1. The molecule has 26 heavy (non-hydrogen) atoms. The molecule has 0 atom stereocenters. The first-order valence-electron chi connectivity index (χ1n) is 9.74. The molecule has 0 saturated carbocycles. The topological polar surface area (TPSA) is 39.8 Å². The standard InChI is InChI=1S/C22H29N3O/c1-4-5-6-7-8-12-20-17(2)23-25(18(20)3)22(26)16-24-15-14-19-11-9-10-13-21(19)24/h9-11,13-15H,4-8,12,16H2,1-3H3. The van der Waals surface area contributed by atoms with Gasteiger partial charge in [-0.15, -0.1) is 0 Å². The number of nitrogens with zero attached hydrogens (tertiary/aromatic N) is 3. The maximum atomic E-state index is 12.8. The van der Waals surface area contributed by atoms with Crippen LogP contribution in [0.5, 0.6) is 0 Å². The van der Waals surface area contributed by atoms with Crippen molar-refractivity contribution in [3.8, 4) is 0 Å². The number of hydrogen-bond donors (Lipinski definition) is 0. The molecule has 0 aliphatic carbocycles. The molecule has 138 valence electrons.